The van der Waals surface area contributed by atoms with E-state index in [1.54, 1.807) is 0 Å². The summed E-state index contributed by atoms with van der Waals surface area (Å²) >= 11 is 0. The van der Waals surface area contributed by atoms with Crippen LogP contribution in [0.3, 0.4) is 0 Å². The smallest absolute Gasteiger partial charge is 0.219 e. The number of fused-ring (bicyclic) bond motifs is 3. The Hall–Kier alpha value is -4.44. The van der Waals surface area contributed by atoms with Gasteiger partial charge >= 0.3 is 0 Å². The van der Waals surface area contributed by atoms with Gasteiger partial charge in [0.2, 0.25) is 5.88 Å². The van der Waals surface area contributed by atoms with Gasteiger partial charge in [-0.05, 0) is 112 Å². The van der Waals surface area contributed by atoms with E-state index in [0.29, 0.717) is 29.6 Å². The standard InChI is InChI=1S/C40H43N3O/c1-24(2)28-12-13-37-35(19-28)36-22-33(27(7)8)34(23-38(36)43(37)39-20-29(25(3)4)14-16-41-39)31-10-9-11-32(18-31)44-40-21-30(26(5)6)15-17-42-40/h9-27H,1-8H3. The molecule has 0 atom stereocenters. The van der Waals surface area contributed by atoms with Crippen molar-refractivity contribution in [3.8, 4) is 28.6 Å². The molecule has 3 heterocycles. The monoisotopic (exact) mass is 581 g/mol. The quantitative estimate of drug-likeness (QED) is 0.179. The van der Waals surface area contributed by atoms with Gasteiger partial charge in [0.25, 0.3) is 0 Å². The van der Waals surface area contributed by atoms with Crippen LogP contribution in [-0.2, 0) is 0 Å². The van der Waals surface area contributed by atoms with Gasteiger partial charge in [0.1, 0.15) is 11.6 Å². The highest BCUT2D eigenvalue weighted by Gasteiger charge is 2.20. The molecule has 0 saturated heterocycles. The van der Waals surface area contributed by atoms with Crippen LogP contribution in [0, 0.1) is 0 Å². The van der Waals surface area contributed by atoms with Crippen LogP contribution in [0.4, 0.5) is 0 Å². The van der Waals surface area contributed by atoms with Gasteiger partial charge in [0, 0.05) is 29.2 Å². The fraction of sp³-hybridized carbons (Fsp3) is 0.300. The van der Waals surface area contributed by atoms with E-state index < -0.39 is 0 Å². The van der Waals surface area contributed by atoms with Gasteiger partial charge in [0.05, 0.1) is 11.0 Å². The van der Waals surface area contributed by atoms with Crippen molar-refractivity contribution in [1.29, 1.82) is 0 Å². The average Bonchev–Trinajstić information content (AvgIpc) is 3.33. The van der Waals surface area contributed by atoms with Gasteiger partial charge in [-0.15, -0.1) is 0 Å². The van der Waals surface area contributed by atoms with Crippen molar-refractivity contribution in [2.24, 2.45) is 0 Å². The van der Waals surface area contributed by atoms with Crippen LogP contribution in [0.2, 0.25) is 0 Å². The Labute approximate surface area is 261 Å². The molecule has 0 aliphatic heterocycles. The molecule has 0 radical (unpaired) electrons. The lowest BCUT2D eigenvalue weighted by molar-refractivity contribution is 0.462. The summed E-state index contributed by atoms with van der Waals surface area (Å²) in [5.41, 5.74) is 9.81. The summed E-state index contributed by atoms with van der Waals surface area (Å²) in [6.07, 6.45) is 3.77. The minimum atomic E-state index is 0.331. The summed E-state index contributed by atoms with van der Waals surface area (Å²) in [5.74, 6) is 3.94. The Morgan fingerprint density at radius 3 is 1.93 bits per heavy atom. The average molecular weight is 582 g/mol. The van der Waals surface area contributed by atoms with Crippen molar-refractivity contribution in [2.45, 2.75) is 79.1 Å². The Balaban J connectivity index is 1.57. The summed E-state index contributed by atoms with van der Waals surface area (Å²) < 4.78 is 8.65. The van der Waals surface area contributed by atoms with Gasteiger partial charge in [-0.1, -0.05) is 73.6 Å². The van der Waals surface area contributed by atoms with Crippen molar-refractivity contribution in [3.05, 3.63) is 114 Å². The SMILES string of the molecule is CC(C)c1ccnc(Oc2cccc(-c3cc4c(cc3C(C)C)c3cc(C(C)C)ccc3n4-c3cc(C(C)C)ccn3)c2)c1. The number of benzene rings is 3. The molecule has 0 aliphatic rings. The van der Waals surface area contributed by atoms with Crippen LogP contribution in [0.1, 0.15) is 101 Å². The first-order valence-electron chi connectivity index (χ1n) is 15.9. The minimum Gasteiger partial charge on any atom is -0.439 e. The van der Waals surface area contributed by atoms with Crippen LogP contribution in [0.25, 0.3) is 38.8 Å². The second-order valence-electron chi connectivity index (χ2n) is 13.2. The fourth-order valence-electron chi connectivity index (χ4n) is 6.04. The molecule has 0 saturated carbocycles. The molecule has 6 aromatic rings. The highest BCUT2D eigenvalue weighted by atomic mass is 16.5. The topological polar surface area (TPSA) is 39.9 Å². The van der Waals surface area contributed by atoms with E-state index in [1.807, 2.05) is 30.6 Å². The van der Waals surface area contributed by atoms with E-state index in [2.05, 4.69) is 126 Å². The number of pyridine rings is 2. The molecular weight excluding hydrogens is 538 g/mol. The zero-order valence-electron chi connectivity index (χ0n) is 27.2. The first-order valence-corrected chi connectivity index (χ1v) is 15.9. The number of ether oxygens (including phenoxy) is 1. The van der Waals surface area contributed by atoms with E-state index in [9.17, 15) is 0 Å². The Bertz CT molecular complexity index is 1960. The maximum atomic E-state index is 6.31. The molecule has 4 heteroatoms. The van der Waals surface area contributed by atoms with Crippen LogP contribution in [0.5, 0.6) is 11.6 Å². The molecule has 0 fully saturated rings. The maximum absolute atomic E-state index is 6.31. The molecule has 0 spiro atoms. The van der Waals surface area contributed by atoms with Crippen molar-refractivity contribution < 1.29 is 4.74 Å². The third-order valence-electron chi connectivity index (χ3n) is 8.71. The van der Waals surface area contributed by atoms with Gasteiger partial charge < -0.3 is 4.74 Å². The predicted octanol–water partition coefficient (Wildman–Crippen LogP) is 11.5. The molecule has 0 N–H and O–H groups in total. The van der Waals surface area contributed by atoms with Crippen molar-refractivity contribution in [1.82, 2.24) is 14.5 Å². The van der Waals surface area contributed by atoms with Gasteiger partial charge in [-0.2, -0.15) is 0 Å². The second-order valence-corrected chi connectivity index (χ2v) is 13.2. The lowest BCUT2D eigenvalue weighted by atomic mass is 9.90. The zero-order chi connectivity index (χ0) is 31.1. The van der Waals surface area contributed by atoms with E-state index in [0.717, 1.165) is 22.6 Å². The summed E-state index contributed by atoms with van der Waals surface area (Å²) in [6.45, 7) is 17.9. The van der Waals surface area contributed by atoms with Crippen molar-refractivity contribution in [3.63, 3.8) is 0 Å². The van der Waals surface area contributed by atoms with Gasteiger partial charge in [-0.3, -0.25) is 4.57 Å². The van der Waals surface area contributed by atoms with Crippen molar-refractivity contribution >= 4 is 21.8 Å². The highest BCUT2D eigenvalue weighted by Crippen LogP contribution is 2.41. The van der Waals surface area contributed by atoms with Gasteiger partial charge in [-0.25, -0.2) is 9.97 Å². The van der Waals surface area contributed by atoms with Crippen LogP contribution < -0.4 is 4.74 Å². The van der Waals surface area contributed by atoms with E-state index in [1.165, 1.54) is 44.1 Å². The number of rotatable bonds is 8. The first kappa shape index (κ1) is 29.6. The molecule has 6 rings (SSSR count). The summed E-state index contributed by atoms with van der Waals surface area (Å²) in [6, 6.07) is 28.5. The molecule has 224 valence electrons. The third-order valence-corrected chi connectivity index (χ3v) is 8.71. The molecule has 4 nitrogen and oxygen atoms in total. The van der Waals surface area contributed by atoms with Crippen LogP contribution in [-0.4, -0.2) is 14.5 Å². The molecule has 0 aliphatic carbocycles. The highest BCUT2D eigenvalue weighted by molar-refractivity contribution is 6.11. The minimum absolute atomic E-state index is 0.331. The largest absolute Gasteiger partial charge is 0.439 e. The lowest BCUT2D eigenvalue weighted by Crippen LogP contribution is -2.00. The van der Waals surface area contributed by atoms with Crippen molar-refractivity contribution in [2.75, 3.05) is 0 Å². The third kappa shape index (κ3) is 5.61. The first-order chi connectivity index (χ1) is 21.1. The molecule has 0 unspecified atom stereocenters. The number of aromatic nitrogens is 3. The predicted molar refractivity (Wildman–Crippen MR) is 185 cm³/mol. The van der Waals surface area contributed by atoms with E-state index in [4.69, 9.17) is 9.72 Å². The van der Waals surface area contributed by atoms with E-state index in [-0.39, 0.29) is 0 Å². The Morgan fingerprint density at radius 2 is 1.23 bits per heavy atom. The fourth-order valence-corrected chi connectivity index (χ4v) is 6.04. The Morgan fingerprint density at radius 1 is 0.568 bits per heavy atom. The van der Waals surface area contributed by atoms with Crippen LogP contribution >= 0.6 is 0 Å². The Kier molecular flexibility index (Phi) is 8.02. The van der Waals surface area contributed by atoms with Crippen LogP contribution in [0.15, 0.2) is 91.3 Å². The summed E-state index contributed by atoms with van der Waals surface area (Å²) in [5, 5.41) is 2.53. The van der Waals surface area contributed by atoms with E-state index >= 15 is 0 Å². The molecular formula is C40H43N3O. The zero-order valence-corrected chi connectivity index (χ0v) is 27.2. The molecule has 0 amide bonds. The number of hydrogen-bond donors (Lipinski definition) is 0. The summed E-state index contributed by atoms with van der Waals surface area (Å²) in [7, 11) is 0. The lowest BCUT2D eigenvalue weighted by Gasteiger charge is -2.16. The molecule has 0 bridgehead atoms. The van der Waals surface area contributed by atoms with Gasteiger partial charge in [0.15, 0.2) is 0 Å². The number of nitrogens with zero attached hydrogens (tertiary/aromatic N) is 3. The normalized spacial score (nSPS) is 12.0. The molecule has 3 aromatic carbocycles. The maximum Gasteiger partial charge on any atom is 0.219 e. The molecule has 44 heavy (non-hydrogen) atoms. The second kappa shape index (κ2) is 11.9. The summed E-state index contributed by atoms with van der Waals surface area (Å²) in [4.78, 5) is 9.38. The molecule has 3 aromatic heterocycles. The number of hydrogen-bond acceptors (Lipinski definition) is 3.